The molecule has 2 fully saturated rings. The molecule has 1 aromatic rings. The fourth-order valence-electron chi connectivity index (χ4n) is 4.73. The van der Waals surface area contributed by atoms with Gasteiger partial charge in [0.2, 0.25) is 5.91 Å². The Hall–Kier alpha value is -1.39. The Morgan fingerprint density at radius 3 is 2.36 bits per heavy atom. The van der Waals surface area contributed by atoms with Crippen molar-refractivity contribution in [2.45, 2.75) is 51.1 Å². The second kappa shape index (κ2) is 7.88. The molecule has 2 saturated carbocycles. The van der Waals surface area contributed by atoms with Gasteiger partial charge in [-0.1, -0.05) is 36.2 Å². The van der Waals surface area contributed by atoms with E-state index in [0.717, 1.165) is 12.8 Å². The molecule has 4 nitrogen and oxygen atoms in total. The minimum absolute atomic E-state index is 0.149. The third-order valence-electron chi connectivity index (χ3n) is 6.34. The first-order valence-electron chi connectivity index (χ1n) is 9.72. The third kappa shape index (κ3) is 4.24. The lowest BCUT2D eigenvalue weighted by molar-refractivity contribution is -0.128. The Morgan fingerprint density at radius 2 is 1.80 bits per heavy atom. The van der Waals surface area contributed by atoms with Crippen LogP contribution in [0.15, 0.2) is 24.3 Å². The lowest BCUT2D eigenvalue weighted by Gasteiger charge is -2.43. The van der Waals surface area contributed by atoms with Gasteiger partial charge in [0.1, 0.15) is 0 Å². The van der Waals surface area contributed by atoms with Crippen LogP contribution in [0.3, 0.4) is 0 Å². The van der Waals surface area contributed by atoms with Crippen LogP contribution in [0.5, 0.6) is 0 Å². The van der Waals surface area contributed by atoms with Crippen LogP contribution in [-0.4, -0.2) is 37.5 Å². The van der Waals surface area contributed by atoms with Crippen LogP contribution in [0.1, 0.15) is 49.3 Å². The Balaban J connectivity index is 1.59. The minimum atomic E-state index is 0.149. The van der Waals surface area contributed by atoms with Gasteiger partial charge in [0.25, 0.3) is 0 Å². The van der Waals surface area contributed by atoms with Gasteiger partial charge in [0.05, 0.1) is 6.04 Å². The summed E-state index contributed by atoms with van der Waals surface area (Å²) in [4.78, 5) is 15.0. The molecular formula is C21H33N3O. The maximum absolute atomic E-state index is 12.8. The van der Waals surface area contributed by atoms with Crippen molar-refractivity contribution in [3.63, 3.8) is 0 Å². The number of aryl methyl sites for hydroxylation is 1. The van der Waals surface area contributed by atoms with Gasteiger partial charge in [0.15, 0.2) is 0 Å². The first-order chi connectivity index (χ1) is 12.0. The number of likely N-dealkylation sites (N-methyl/N-ethyl adjacent to an activating group) is 1. The molecule has 0 saturated heterocycles. The number of amides is 1. The molecule has 138 valence electrons. The van der Waals surface area contributed by atoms with Gasteiger partial charge in [-0.3, -0.25) is 4.79 Å². The van der Waals surface area contributed by atoms with E-state index in [0.29, 0.717) is 24.4 Å². The topological polar surface area (TPSA) is 58.4 Å². The zero-order valence-corrected chi connectivity index (χ0v) is 15.9. The molecule has 1 aromatic carbocycles. The van der Waals surface area contributed by atoms with E-state index in [1.807, 2.05) is 0 Å². The molecule has 0 spiro atoms. The van der Waals surface area contributed by atoms with Crippen LogP contribution in [0.25, 0.3) is 0 Å². The predicted octanol–water partition coefficient (Wildman–Crippen LogP) is 2.87. The lowest BCUT2D eigenvalue weighted by Crippen LogP contribution is -2.49. The average molecular weight is 344 g/mol. The molecule has 2 bridgehead atoms. The van der Waals surface area contributed by atoms with Gasteiger partial charge in [-0.05, 0) is 64.1 Å². The summed E-state index contributed by atoms with van der Waals surface area (Å²) in [6.45, 7) is 2.76. The highest BCUT2D eigenvalue weighted by atomic mass is 16.1. The zero-order valence-electron chi connectivity index (χ0n) is 15.9. The largest absolute Gasteiger partial charge is 0.354 e. The van der Waals surface area contributed by atoms with Crippen LogP contribution in [0, 0.1) is 24.7 Å². The molecule has 2 aliphatic rings. The molecule has 0 heterocycles. The van der Waals surface area contributed by atoms with E-state index in [-0.39, 0.29) is 17.9 Å². The molecule has 3 atom stereocenters. The average Bonchev–Trinajstić information content (AvgIpc) is 2.56. The van der Waals surface area contributed by atoms with E-state index >= 15 is 0 Å². The van der Waals surface area contributed by atoms with Crippen molar-refractivity contribution in [3.05, 3.63) is 35.4 Å². The number of benzene rings is 1. The normalized spacial score (nSPS) is 30.1. The molecule has 3 N–H and O–H groups in total. The maximum Gasteiger partial charge on any atom is 0.223 e. The third-order valence-corrected chi connectivity index (χ3v) is 6.34. The van der Waals surface area contributed by atoms with Crippen molar-refractivity contribution in [1.29, 1.82) is 0 Å². The summed E-state index contributed by atoms with van der Waals surface area (Å²) < 4.78 is 0. The number of hydrogen-bond acceptors (Lipinski definition) is 3. The Labute approximate surface area is 152 Å². The number of hydrogen-bond donors (Lipinski definition) is 2. The lowest BCUT2D eigenvalue weighted by atomic mass is 9.65. The number of rotatable bonds is 5. The van der Waals surface area contributed by atoms with E-state index in [2.05, 4.69) is 55.5 Å². The number of nitrogens with zero attached hydrogens (tertiary/aromatic N) is 1. The van der Waals surface area contributed by atoms with Gasteiger partial charge >= 0.3 is 0 Å². The van der Waals surface area contributed by atoms with E-state index in [4.69, 9.17) is 5.73 Å². The first kappa shape index (κ1) is 18.4. The van der Waals surface area contributed by atoms with Crippen molar-refractivity contribution >= 4 is 5.91 Å². The monoisotopic (exact) mass is 343 g/mol. The number of fused-ring (bicyclic) bond motifs is 2. The Kier molecular flexibility index (Phi) is 5.80. The number of carbonyl (C=O) groups is 1. The molecular weight excluding hydrogens is 310 g/mol. The molecule has 0 aliphatic heterocycles. The molecule has 3 rings (SSSR count). The summed E-state index contributed by atoms with van der Waals surface area (Å²) >= 11 is 0. The molecule has 1 amide bonds. The smallest absolute Gasteiger partial charge is 0.223 e. The van der Waals surface area contributed by atoms with Crippen molar-refractivity contribution in [3.8, 4) is 0 Å². The molecule has 25 heavy (non-hydrogen) atoms. The second-order valence-electron chi connectivity index (χ2n) is 8.33. The van der Waals surface area contributed by atoms with Gasteiger partial charge in [-0.2, -0.15) is 0 Å². The summed E-state index contributed by atoms with van der Waals surface area (Å²) in [5.74, 6) is 1.47. The summed E-state index contributed by atoms with van der Waals surface area (Å²) in [6.07, 6.45) is 5.63. The van der Waals surface area contributed by atoms with Crippen molar-refractivity contribution in [2.75, 3.05) is 20.6 Å². The van der Waals surface area contributed by atoms with E-state index in [1.165, 1.54) is 30.4 Å². The summed E-state index contributed by atoms with van der Waals surface area (Å²) in [6, 6.07) is 9.12. The number of nitrogens with two attached hydrogens (primary N) is 1. The Morgan fingerprint density at radius 1 is 1.20 bits per heavy atom. The molecule has 0 radical (unpaired) electrons. The summed E-state index contributed by atoms with van der Waals surface area (Å²) in [7, 11) is 4.14. The van der Waals surface area contributed by atoms with Gasteiger partial charge < -0.3 is 16.0 Å². The van der Waals surface area contributed by atoms with Crippen molar-refractivity contribution in [1.82, 2.24) is 10.2 Å². The Bertz CT molecular complexity index is 569. The van der Waals surface area contributed by atoms with Crippen LogP contribution in [0.4, 0.5) is 0 Å². The molecule has 4 heteroatoms. The summed E-state index contributed by atoms with van der Waals surface area (Å²) in [5.41, 5.74) is 8.87. The maximum atomic E-state index is 12.8. The highest BCUT2D eigenvalue weighted by Gasteiger charge is 2.40. The van der Waals surface area contributed by atoms with Gasteiger partial charge in [0, 0.05) is 18.5 Å². The fraction of sp³-hybridized carbons (Fsp3) is 0.667. The van der Waals surface area contributed by atoms with Crippen LogP contribution in [-0.2, 0) is 4.79 Å². The van der Waals surface area contributed by atoms with Crippen LogP contribution >= 0.6 is 0 Å². The zero-order chi connectivity index (χ0) is 18.0. The van der Waals surface area contributed by atoms with Crippen LogP contribution < -0.4 is 11.1 Å². The minimum Gasteiger partial charge on any atom is -0.354 e. The molecule has 0 aromatic heterocycles. The first-order valence-corrected chi connectivity index (χ1v) is 9.72. The van der Waals surface area contributed by atoms with E-state index in [1.54, 1.807) is 0 Å². The predicted molar refractivity (Wildman–Crippen MR) is 102 cm³/mol. The molecule has 2 aliphatic carbocycles. The van der Waals surface area contributed by atoms with Crippen molar-refractivity contribution < 1.29 is 4.79 Å². The fourth-order valence-corrected chi connectivity index (χ4v) is 4.73. The SMILES string of the molecule is Cc1ccc(C(CNC(=O)C2CC3CCCC(C2)C3N)N(C)C)cc1. The highest BCUT2D eigenvalue weighted by Crippen LogP contribution is 2.41. The van der Waals surface area contributed by atoms with E-state index < -0.39 is 0 Å². The van der Waals surface area contributed by atoms with Gasteiger partial charge in [-0.25, -0.2) is 0 Å². The van der Waals surface area contributed by atoms with E-state index in [9.17, 15) is 4.79 Å². The summed E-state index contributed by atoms with van der Waals surface area (Å²) in [5, 5.41) is 3.23. The van der Waals surface area contributed by atoms with Crippen molar-refractivity contribution in [2.24, 2.45) is 23.5 Å². The number of carbonyl (C=O) groups excluding carboxylic acids is 1. The second-order valence-corrected chi connectivity index (χ2v) is 8.33. The van der Waals surface area contributed by atoms with Crippen LogP contribution in [0.2, 0.25) is 0 Å². The standard InChI is InChI=1S/C21H33N3O/c1-14-7-9-15(10-8-14)19(24(2)3)13-23-21(25)18-11-16-5-4-6-17(12-18)20(16)22/h7-10,16-20H,4-6,11-13,22H2,1-3H3,(H,23,25). The molecule has 3 unspecified atom stereocenters. The highest BCUT2D eigenvalue weighted by molar-refractivity contribution is 5.78. The van der Waals surface area contributed by atoms with Gasteiger partial charge in [-0.15, -0.1) is 0 Å². The quantitative estimate of drug-likeness (QED) is 0.864. The number of nitrogens with one attached hydrogen (secondary N) is 1.